The lowest BCUT2D eigenvalue weighted by Gasteiger charge is -2.07. The molecule has 0 atom stereocenters. The smallest absolute Gasteiger partial charge is 0.143 e. The number of aldehydes is 1. The van der Waals surface area contributed by atoms with Gasteiger partial charge < -0.3 is 4.79 Å². The Hall–Kier alpha value is -0.770. The van der Waals surface area contributed by atoms with Gasteiger partial charge in [-0.2, -0.15) is 0 Å². The number of rotatable bonds is 3. The van der Waals surface area contributed by atoms with E-state index in [1.807, 2.05) is 0 Å². The fourth-order valence-electron chi connectivity index (χ4n) is 1.22. The SMILES string of the molecule is Cc1cc(Br)c(F)c(CCC=O)c1F. The van der Waals surface area contributed by atoms with Crippen LogP contribution in [0, 0.1) is 18.6 Å². The Morgan fingerprint density at radius 3 is 2.64 bits per heavy atom. The zero-order valence-electron chi connectivity index (χ0n) is 7.61. The monoisotopic (exact) mass is 262 g/mol. The van der Waals surface area contributed by atoms with Crippen molar-refractivity contribution in [3.8, 4) is 0 Å². The first-order chi connectivity index (χ1) is 6.57. The number of halogens is 3. The number of hydrogen-bond donors (Lipinski definition) is 0. The number of hydrogen-bond acceptors (Lipinski definition) is 1. The molecule has 1 nitrogen and oxygen atoms in total. The normalized spacial score (nSPS) is 10.3. The van der Waals surface area contributed by atoms with Gasteiger partial charge in [0.1, 0.15) is 17.9 Å². The standard InChI is InChI=1S/C10H9BrF2O/c1-6-5-8(11)10(13)7(9(6)12)3-2-4-14/h4-5H,2-3H2,1H3. The minimum absolute atomic E-state index is 0.0241. The van der Waals surface area contributed by atoms with Crippen LogP contribution in [0.5, 0.6) is 0 Å². The molecule has 0 N–H and O–H groups in total. The third kappa shape index (κ3) is 2.18. The second-order valence-electron chi connectivity index (χ2n) is 2.99. The summed E-state index contributed by atoms with van der Waals surface area (Å²) in [7, 11) is 0. The Morgan fingerprint density at radius 2 is 2.07 bits per heavy atom. The topological polar surface area (TPSA) is 17.1 Å². The van der Waals surface area contributed by atoms with Crippen LogP contribution in [-0.4, -0.2) is 6.29 Å². The average Bonchev–Trinajstić information content (AvgIpc) is 2.15. The molecule has 0 unspecified atom stereocenters. The van der Waals surface area contributed by atoms with Gasteiger partial charge in [-0.3, -0.25) is 0 Å². The van der Waals surface area contributed by atoms with Crippen LogP contribution in [0.2, 0.25) is 0 Å². The van der Waals surface area contributed by atoms with Gasteiger partial charge in [0, 0.05) is 12.0 Å². The summed E-state index contributed by atoms with van der Waals surface area (Å²) in [6, 6.07) is 1.38. The number of aryl methyl sites for hydroxylation is 1. The van der Waals surface area contributed by atoms with Gasteiger partial charge in [-0.25, -0.2) is 8.78 Å². The van der Waals surface area contributed by atoms with Gasteiger partial charge in [0.15, 0.2) is 0 Å². The molecule has 0 spiro atoms. The van der Waals surface area contributed by atoms with E-state index in [2.05, 4.69) is 15.9 Å². The van der Waals surface area contributed by atoms with E-state index in [-0.39, 0.29) is 22.9 Å². The van der Waals surface area contributed by atoms with Crippen molar-refractivity contribution in [2.75, 3.05) is 0 Å². The quantitative estimate of drug-likeness (QED) is 0.604. The molecule has 14 heavy (non-hydrogen) atoms. The van der Waals surface area contributed by atoms with E-state index in [1.165, 1.54) is 6.07 Å². The van der Waals surface area contributed by atoms with Gasteiger partial charge in [0.2, 0.25) is 0 Å². The van der Waals surface area contributed by atoms with Gasteiger partial charge in [0.05, 0.1) is 4.47 Å². The Labute approximate surface area is 89.3 Å². The third-order valence-electron chi connectivity index (χ3n) is 1.94. The molecule has 0 aliphatic heterocycles. The molecule has 0 aliphatic rings. The average molecular weight is 263 g/mol. The molecule has 1 rings (SSSR count). The van der Waals surface area contributed by atoms with E-state index < -0.39 is 11.6 Å². The van der Waals surface area contributed by atoms with Crippen LogP contribution in [0.25, 0.3) is 0 Å². The molecule has 0 aromatic heterocycles. The molecule has 0 saturated heterocycles. The fourth-order valence-corrected chi connectivity index (χ4v) is 1.80. The Balaban J connectivity index is 3.17. The zero-order chi connectivity index (χ0) is 10.7. The van der Waals surface area contributed by atoms with Gasteiger partial charge in [-0.15, -0.1) is 0 Å². The second kappa shape index (κ2) is 4.64. The lowest BCUT2D eigenvalue weighted by atomic mass is 10.1. The maximum Gasteiger partial charge on any atom is 0.143 e. The zero-order valence-corrected chi connectivity index (χ0v) is 9.20. The van der Waals surface area contributed by atoms with Crippen molar-refractivity contribution in [2.45, 2.75) is 19.8 Å². The van der Waals surface area contributed by atoms with Crippen molar-refractivity contribution in [3.05, 3.63) is 33.3 Å². The van der Waals surface area contributed by atoms with Crippen molar-refractivity contribution >= 4 is 22.2 Å². The van der Waals surface area contributed by atoms with E-state index >= 15 is 0 Å². The van der Waals surface area contributed by atoms with E-state index in [0.29, 0.717) is 11.8 Å². The summed E-state index contributed by atoms with van der Waals surface area (Å²) in [4.78, 5) is 10.1. The number of carbonyl (C=O) groups excluding carboxylic acids is 1. The first-order valence-electron chi connectivity index (χ1n) is 4.14. The van der Waals surface area contributed by atoms with Crippen molar-refractivity contribution in [3.63, 3.8) is 0 Å². The van der Waals surface area contributed by atoms with Crippen LogP contribution in [0.1, 0.15) is 17.5 Å². The Kier molecular flexibility index (Phi) is 3.75. The summed E-state index contributed by atoms with van der Waals surface area (Å²) >= 11 is 2.99. The van der Waals surface area contributed by atoms with Gasteiger partial charge >= 0.3 is 0 Å². The predicted molar refractivity (Wildman–Crippen MR) is 53.2 cm³/mol. The summed E-state index contributed by atoms with van der Waals surface area (Å²) in [5.41, 5.74) is 0.350. The van der Waals surface area contributed by atoms with Crippen LogP contribution in [0.4, 0.5) is 8.78 Å². The van der Waals surface area contributed by atoms with Crippen LogP contribution in [0.3, 0.4) is 0 Å². The third-order valence-corrected chi connectivity index (χ3v) is 2.52. The minimum atomic E-state index is -0.616. The van der Waals surface area contributed by atoms with Gasteiger partial charge in [0.25, 0.3) is 0 Å². The van der Waals surface area contributed by atoms with E-state index in [1.54, 1.807) is 6.92 Å². The first kappa shape index (κ1) is 11.3. The van der Waals surface area contributed by atoms with E-state index in [9.17, 15) is 13.6 Å². The summed E-state index contributed by atoms with van der Waals surface area (Å²) in [6.45, 7) is 1.56. The molecular weight excluding hydrogens is 254 g/mol. The van der Waals surface area contributed by atoms with Crippen molar-refractivity contribution in [2.24, 2.45) is 0 Å². The highest BCUT2D eigenvalue weighted by Crippen LogP contribution is 2.25. The van der Waals surface area contributed by atoms with E-state index in [0.717, 1.165) is 0 Å². The molecular formula is C10H9BrF2O. The first-order valence-corrected chi connectivity index (χ1v) is 4.93. The molecule has 0 saturated carbocycles. The molecule has 76 valence electrons. The van der Waals surface area contributed by atoms with Crippen LogP contribution in [0.15, 0.2) is 10.5 Å². The van der Waals surface area contributed by atoms with E-state index in [4.69, 9.17) is 0 Å². The fraction of sp³-hybridized carbons (Fsp3) is 0.300. The maximum atomic E-state index is 13.4. The molecule has 4 heteroatoms. The van der Waals surface area contributed by atoms with Crippen LogP contribution >= 0.6 is 15.9 Å². The lowest BCUT2D eigenvalue weighted by molar-refractivity contribution is -0.107. The molecule has 0 aliphatic carbocycles. The molecule has 0 bridgehead atoms. The summed E-state index contributed by atoms with van der Waals surface area (Å²) in [5, 5.41) is 0. The molecule has 0 radical (unpaired) electrons. The van der Waals surface area contributed by atoms with Crippen LogP contribution < -0.4 is 0 Å². The highest BCUT2D eigenvalue weighted by molar-refractivity contribution is 9.10. The highest BCUT2D eigenvalue weighted by atomic mass is 79.9. The summed E-state index contributed by atoms with van der Waals surface area (Å²) < 4.78 is 27.0. The maximum absolute atomic E-state index is 13.4. The molecule has 0 fully saturated rings. The van der Waals surface area contributed by atoms with Crippen LogP contribution in [-0.2, 0) is 11.2 Å². The van der Waals surface area contributed by atoms with Crippen molar-refractivity contribution in [1.82, 2.24) is 0 Å². The molecule has 1 aromatic rings. The number of benzene rings is 1. The summed E-state index contributed by atoms with van der Waals surface area (Å²) in [5.74, 6) is -1.18. The summed E-state index contributed by atoms with van der Waals surface area (Å²) in [6.07, 6.45) is 0.875. The van der Waals surface area contributed by atoms with Gasteiger partial charge in [-0.1, -0.05) is 0 Å². The predicted octanol–water partition coefficient (Wildman–Crippen LogP) is 3.17. The molecule has 0 heterocycles. The Morgan fingerprint density at radius 1 is 1.43 bits per heavy atom. The lowest BCUT2D eigenvalue weighted by Crippen LogP contribution is -2.00. The molecule has 1 aromatic carbocycles. The van der Waals surface area contributed by atoms with Gasteiger partial charge in [-0.05, 0) is 40.9 Å². The van der Waals surface area contributed by atoms with Crippen molar-refractivity contribution in [1.29, 1.82) is 0 Å². The minimum Gasteiger partial charge on any atom is -0.303 e. The highest BCUT2D eigenvalue weighted by Gasteiger charge is 2.14. The van der Waals surface area contributed by atoms with Crippen molar-refractivity contribution < 1.29 is 13.6 Å². The molecule has 0 amide bonds. The number of carbonyl (C=O) groups is 1. The largest absolute Gasteiger partial charge is 0.303 e. The second-order valence-corrected chi connectivity index (χ2v) is 3.84. The Bertz CT molecular complexity index is 337.